The second-order valence-electron chi connectivity index (χ2n) is 5.80. The molecule has 0 amide bonds. The summed E-state index contributed by atoms with van der Waals surface area (Å²) in [6.45, 7) is 6.98. The molecule has 20 heavy (non-hydrogen) atoms. The van der Waals surface area contributed by atoms with Gasteiger partial charge in [0, 0.05) is 12.1 Å². The van der Waals surface area contributed by atoms with Crippen LogP contribution in [0.15, 0.2) is 22.8 Å². The normalized spacial score (nSPS) is 15.0. The number of nitrogens with zero attached hydrogens (tertiary/aromatic N) is 3. The van der Waals surface area contributed by atoms with Crippen LogP contribution in [0.3, 0.4) is 0 Å². The zero-order valence-electron chi connectivity index (χ0n) is 12.3. The van der Waals surface area contributed by atoms with Crippen molar-refractivity contribution in [3.63, 3.8) is 0 Å². The largest absolute Gasteiger partial charge is 0.467 e. The van der Waals surface area contributed by atoms with Crippen LogP contribution in [0.5, 0.6) is 0 Å². The molecule has 0 unspecified atom stereocenters. The molecule has 5 nitrogen and oxygen atoms in total. The van der Waals surface area contributed by atoms with Gasteiger partial charge in [-0.15, -0.1) is 0 Å². The molecule has 0 saturated heterocycles. The Hall–Kier alpha value is -1.91. The Morgan fingerprint density at radius 1 is 1.50 bits per heavy atom. The second kappa shape index (κ2) is 4.89. The predicted molar refractivity (Wildman–Crippen MR) is 79.7 cm³/mol. The van der Waals surface area contributed by atoms with Crippen molar-refractivity contribution in [1.82, 2.24) is 9.78 Å². The highest BCUT2D eigenvalue weighted by molar-refractivity contribution is 5.67. The van der Waals surface area contributed by atoms with Gasteiger partial charge in [-0.2, -0.15) is 5.10 Å². The molecule has 2 heterocycles. The number of aromatic nitrogens is 2. The van der Waals surface area contributed by atoms with Gasteiger partial charge in [-0.05, 0) is 45.7 Å². The Kier molecular flexibility index (Phi) is 3.20. The SMILES string of the molecule is Cc1nn(C(C)C)c(N(Cc2ccco2)C2CC2)c1N. The van der Waals surface area contributed by atoms with E-state index in [2.05, 4.69) is 23.8 Å². The Morgan fingerprint density at radius 3 is 2.80 bits per heavy atom. The monoisotopic (exact) mass is 274 g/mol. The maximum atomic E-state index is 6.28. The van der Waals surface area contributed by atoms with Gasteiger partial charge in [-0.1, -0.05) is 0 Å². The molecule has 2 aromatic rings. The van der Waals surface area contributed by atoms with Gasteiger partial charge in [0.1, 0.15) is 5.76 Å². The Bertz CT molecular complexity index is 581. The van der Waals surface area contributed by atoms with Crippen molar-refractivity contribution in [3.8, 4) is 0 Å². The summed E-state index contributed by atoms with van der Waals surface area (Å²) >= 11 is 0. The molecule has 0 atom stereocenters. The summed E-state index contributed by atoms with van der Waals surface area (Å²) in [6.07, 6.45) is 4.14. The number of anilines is 2. The molecule has 0 aliphatic heterocycles. The van der Waals surface area contributed by atoms with Crippen LogP contribution in [-0.4, -0.2) is 15.8 Å². The summed E-state index contributed by atoms with van der Waals surface area (Å²) in [4.78, 5) is 2.34. The van der Waals surface area contributed by atoms with E-state index in [1.54, 1.807) is 6.26 Å². The molecule has 2 N–H and O–H groups in total. The van der Waals surface area contributed by atoms with Crippen molar-refractivity contribution in [2.24, 2.45) is 0 Å². The molecule has 0 bridgehead atoms. The summed E-state index contributed by atoms with van der Waals surface area (Å²) in [6, 6.07) is 4.78. The average molecular weight is 274 g/mol. The quantitative estimate of drug-likeness (QED) is 0.910. The minimum absolute atomic E-state index is 0.291. The molecule has 2 aromatic heterocycles. The first-order valence-corrected chi connectivity index (χ1v) is 7.21. The summed E-state index contributed by atoms with van der Waals surface area (Å²) in [7, 11) is 0. The van der Waals surface area contributed by atoms with Crippen LogP contribution in [0.4, 0.5) is 11.5 Å². The molecule has 5 heteroatoms. The fourth-order valence-electron chi connectivity index (χ4n) is 2.53. The summed E-state index contributed by atoms with van der Waals surface area (Å²) in [5.74, 6) is 2.00. The number of nitrogen functional groups attached to an aromatic ring is 1. The van der Waals surface area contributed by atoms with E-state index in [1.165, 1.54) is 12.8 Å². The third kappa shape index (κ3) is 2.28. The molecular formula is C15H22N4O. The summed E-state index contributed by atoms with van der Waals surface area (Å²) in [5.41, 5.74) is 7.97. The Morgan fingerprint density at radius 2 is 2.25 bits per heavy atom. The van der Waals surface area contributed by atoms with Gasteiger partial charge in [-0.25, -0.2) is 4.68 Å². The molecule has 108 valence electrons. The third-order valence-corrected chi connectivity index (χ3v) is 3.76. The molecule has 1 fully saturated rings. The Balaban J connectivity index is 1.99. The number of hydrogen-bond acceptors (Lipinski definition) is 4. The second-order valence-corrected chi connectivity index (χ2v) is 5.80. The van der Waals surface area contributed by atoms with Crippen molar-refractivity contribution < 1.29 is 4.42 Å². The van der Waals surface area contributed by atoms with E-state index in [-0.39, 0.29) is 0 Å². The maximum absolute atomic E-state index is 6.28. The van der Waals surface area contributed by atoms with Crippen LogP contribution in [0.2, 0.25) is 0 Å². The zero-order valence-corrected chi connectivity index (χ0v) is 12.3. The van der Waals surface area contributed by atoms with Gasteiger partial charge in [0.2, 0.25) is 0 Å². The minimum Gasteiger partial charge on any atom is -0.467 e. The number of furan rings is 1. The van der Waals surface area contributed by atoms with Crippen molar-refractivity contribution in [2.75, 3.05) is 10.6 Å². The van der Waals surface area contributed by atoms with Crippen LogP contribution in [0.1, 0.15) is 44.2 Å². The number of hydrogen-bond donors (Lipinski definition) is 1. The first-order valence-electron chi connectivity index (χ1n) is 7.21. The zero-order chi connectivity index (χ0) is 14.3. The molecule has 1 aliphatic rings. The van der Waals surface area contributed by atoms with Crippen LogP contribution >= 0.6 is 0 Å². The highest BCUT2D eigenvalue weighted by Crippen LogP contribution is 2.38. The van der Waals surface area contributed by atoms with E-state index in [9.17, 15) is 0 Å². The van der Waals surface area contributed by atoms with Crippen LogP contribution in [0.25, 0.3) is 0 Å². The van der Waals surface area contributed by atoms with Gasteiger partial charge in [0.05, 0.1) is 24.2 Å². The van der Waals surface area contributed by atoms with Crippen molar-refractivity contribution in [2.45, 2.75) is 52.2 Å². The molecule has 1 saturated carbocycles. The molecule has 0 spiro atoms. The van der Waals surface area contributed by atoms with Crippen molar-refractivity contribution in [3.05, 3.63) is 29.9 Å². The first-order chi connectivity index (χ1) is 9.58. The number of aryl methyl sites for hydroxylation is 1. The van der Waals surface area contributed by atoms with E-state index in [1.807, 2.05) is 23.7 Å². The van der Waals surface area contributed by atoms with E-state index < -0.39 is 0 Å². The van der Waals surface area contributed by atoms with E-state index in [0.29, 0.717) is 12.1 Å². The van der Waals surface area contributed by atoms with Crippen LogP contribution < -0.4 is 10.6 Å². The highest BCUT2D eigenvalue weighted by atomic mass is 16.3. The fourth-order valence-corrected chi connectivity index (χ4v) is 2.53. The van der Waals surface area contributed by atoms with Crippen molar-refractivity contribution in [1.29, 1.82) is 0 Å². The number of rotatable bonds is 5. The third-order valence-electron chi connectivity index (χ3n) is 3.76. The predicted octanol–water partition coefficient (Wildman–Crippen LogP) is 3.12. The summed E-state index contributed by atoms with van der Waals surface area (Å²) in [5, 5.41) is 4.59. The Labute approximate surface area is 119 Å². The number of nitrogens with two attached hydrogens (primary N) is 1. The molecule has 0 aromatic carbocycles. The van der Waals surface area contributed by atoms with Gasteiger partial charge in [-0.3, -0.25) is 0 Å². The van der Waals surface area contributed by atoms with Gasteiger partial charge in [0.15, 0.2) is 5.82 Å². The van der Waals surface area contributed by atoms with Crippen LogP contribution in [-0.2, 0) is 6.54 Å². The standard InChI is InChI=1S/C15H22N4O/c1-10(2)19-15(14(16)11(3)17-19)18(12-6-7-12)9-13-5-4-8-20-13/h4-5,8,10,12H,6-7,9,16H2,1-3H3. The topological polar surface area (TPSA) is 60.2 Å². The lowest BCUT2D eigenvalue weighted by Gasteiger charge is -2.26. The highest BCUT2D eigenvalue weighted by Gasteiger charge is 2.34. The van der Waals surface area contributed by atoms with Gasteiger partial charge < -0.3 is 15.1 Å². The molecule has 1 aliphatic carbocycles. The first kappa shape index (κ1) is 13.1. The van der Waals surface area contributed by atoms with E-state index in [4.69, 9.17) is 10.2 Å². The van der Waals surface area contributed by atoms with E-state index >= 15 is 0 Å². The van der Waals surface area contributed by atoms with Crippen LogP contribution in [0, 0.1) is 6.92 Å². The lowest BCUT2D eigenvalue weighted by molar-refractivity contribution is 0.485. The molecule has 0 radical (unpaired) electrons. The lowest BCUT2D eigenvalue weighted by atomic mass is 10.3. The fraction of sp³-hybridized carbons (Fsp3) is 0.533. The lowest BCUT2D eigenvalue weighted by Crippen LogP contribution is -2.28. The van der Waals surface area contributed by atoms with Crippen molar-refractivity contribution >= 4 is 11.5 Å². The molecular weight excluding hydrogens is 252 g/mol. The molecule has 3 rings (SSSR count). The smallest absolute Gasteiger partial charge is 0.151 e. The average Bonchev–Trinajstić information content (AvgIpc) is 3.04. The minimum atomic E-state index is 0.291. The van der Waals surface area contributed by atoms with Gasteiger partial charge >= 0.3 is 0 Å². The maximum Gasteiger partial charge on any atom is 0.151 e. The summed E-state index contributed by atoms with van der Waals surface area (Å²) < 4.78 is 7.53. The van der Waals surface area contributed by atoms with E-state index in [0.717, 1.165) is 29.5 Å². The van der Waals surface area contributed by atoms with Gasteiger partial charge in [0.25, 0.3) is 0 Å².